The lowest BCUT2D eigenvalue weighted by molar-refractivity contribution is 0.177. The van der Waals surface area contributed by atoms with Crippen molar-refractivity contribution in [3.8, 4) is 0 Å². The zero-order valence-electron chi connectivity index (χ0n) is 10.9. The van der Waals surface area contributed by atoms with Gasteiger partial charge < -0.3 is 0 Å². The average molecular weight is 204 g/mol. The van der Waals surface area contributed by atoms with Gasteiger partial charge in [-0.25, -0.2) is 0 Å². The number of hydrogen-bond donors (Lipinski definition) is 0. The Labute approximate surface area is 95.6 Å². The normalized spacial score (nSPS) is 29.1. The van der Waals surface area contributed by atoms with Crippen LogP contribution in [0.2, 0.25) is 12.6 Å². The van der Waals surface area contributed by atoms with Gasteiger partial charge in [-0.1, -0.05) is 52.8 Å². The first-order valence-electron chi connectivity index (χ1n) is 6.61. The van der Waals surface area contributed by atoms with Crippen molar-refractivity contribution in [2.24, 2.45) is 10.8 Å². The van der Waals surface area contributed by atoms with Crippen LogP contribution in [0, 0.1) is 10.8 Å². The van der Waals surface area contributed by atoms with E-state index in [1.54, 1.807) is 5.47 Å². The maximum Gasteiger partial charge on any atom is 0.171 e. The summed E-state index contributed by atoms with van der Waals surface area (Å²) in [6.07, 6.45) is 10.9. The molecular weight excluding hydrogens is 179 g/mol. The monoisotopic (exact) mass is 204 g/mol. The van der Waals surface area contributed by atoms with Crippen LogP contribution in [0.15, 0.2) is 11.5 Å². The van der Waals surface area contributed by atoms with Crippen LogP contribution in [-0.4, -0.2) is 6.71 Å². The quantitative estimate of drug-likeness (QED) is 0.548. The first-order valence-corrected chi connectivity index (χ1v) is 6.61. The topological polar surface area (TPSA) is 0 Å². The molecule has 0 bridgehead atoms. The Morgan fingerprint density at radius 3 is 2.07 bits per heavy atom. The molecule has 0 radical (unpaired) electrons. The second-order valence-electron chi connectivity index (χ2n) is 6.90. The Bertz CT molecular complexity index is 257. The van der Waals surface area contributed by atoms with Crippen molar-refractivity contribution in [3.05, 3.63) is 11.5 Å². The molecule has 0 atom stereocenters. The Balaban J connectivity index is 2.12. The molecule has 0 aromatic carbocycles. The van der Waals surface area contributed by atoms with Crippen molar-refractivity contribution in [2.45, 2.75) is 66.0 Å². The van der Waals surface area contributed by atoms with E-state index in [9.17, 15) is 0 Å². The molecule has 1 heterocycles. The fraction of sp³-hybridized carbons (Fsp3) is 0.857. The summed E-state index contributed by atoms with van der Waals surface area (Å²) >= 11 is 0. The minimum absolute atomic E-state index is 0.524. The molecule has 1 saturated heterocycles. The zero-order chi connectivity index (χ0) is 11.1. The van der Waals surface area contributed by atoms with Gasteiger partial charge in [-0.3, -0.25) is 0 Å². The maximum atomic E-state index is 2.55. The molecule has 2 aliphatic rings. The van der Waals surface area contributed by atoms with Crippen LogP contribution in [0.25, 0.3) is 0 Å². The lowest BCUT2D eigenvalue weighted by Gasteiger charge is -2.35. The first-order chi connectivity index (χ1) is 6.92. The van der Waals surface area contributed by atoms with E-state index < -0.39 is 0 Å². The van der Waals surface area contributed by atoms with E-state index in [1.165, 1.54) is 38.3 Å². The van der Waals surface area contributed by atoms with Gasteiger partial charge >= 0.3 is 0 Å². The minimum atomic E-state index is 0.524. The molecule has 15 heavy (non-hydrogen) atoms. The van der Waals surface area contributed by atoms with Crippen LogP contribution in [0.1, 0.15) is 53.4 Å². The highest BCUT2D eigenvalue weighted by Crippen LogP contribution is 2.54. The second-order valence-corrected chi connectivity index (χ2v) is 6.90. The molecule has 0 amide bonds. The lowest BCUT2D eigenvalue weighted by atomic mass is 9.40. The third kappa shape index (κ3) is 2.03. The third-order valence-corrected chi connectivity index (χ3v) is 5.20. The van der Waals surface area contributed by atoms with Crippen molar-refractivity contribution in [1.82, 2.24) is 0 Å². The summed E-state index contributed by atoms with van der Waals surface area (Å²) in [7, 11) is 0. The van der Waals surface area contributed by atoms with Gasteiger partial charge in [0.25, 0.3) is 0 Å². The van der Waals surface area contributed by atoms with Crippen molar-refractivity contribution in [3.63, 3.8) is 0 Å². The average Bonchev–Trinajstić information content (AvgIpc) is 2.38. The maximum absolute atomic E-state index is 2.55. The van der Waals surface area contributed by atoms with Crippen molar-refractivity contribution < 1.29 is 0 Å². The molecule has 1 aliphatic heterocycles. The van der Waals surface area contributed by atoms with Crippen LogP contribution >= 0.6 is 0 Å². The van der Waals surface area contributed by atoms with Gasteiger partial charge in [-0.15, -0.1) is 5.47 Å². The number of hydrogen-bond acceptors (Lipinski definition) is 0. The fourth-order valence-corrected chi connectivity index (χ4v) is 3.35. The molecular formula is C14H25B. The molecule has 0 unspecified atom stereocenters. The smallest absolute Gasteiger partial charge is 0.105 e. The van der Waals surface area contributed by atoms with Crippen LogP contribution in [0.4, 0.5) is 0 Å². The van der Waals surface area contributed by atoms with Crippen molar-refractivity contribution in [2.75, 3.05) is 0 Å². The van der Waals surface area contributed by atoms with Gasteiger partial charge in [-0.05, 0) is 30.1 Å². The van der Waals surface area contributed by atoms with Gasteiger partial charge in [-0.2, -0.15) is 0 Å². The van der Waals surface area contributed by atoms with E-state index in [-0.39, 0.29) is 0 Å². The predicted molar refractivity (Wildman–Crippen MR) is 69.5 cm³/mol. The van der Waals surface area contributed by atoms with Crippen LogP contribution in [0.3, 0.4) is 0 Å². The standard InChI is InChI=1S/C14H25B/c1-13(2)10-15(11-14(13,3)4)12-8-6-5-7-9-12/h8H,5-7,9-11H2,1-4H3. The summed E-state index contributed by atoms with van der Waals surface area (Å²) in [6, 6.07) is 0. The molecule has 0 aromatic heterocycles. The van der Waals surface area contributed by atoms with Gasteiger partial charge in [0.05, 0.1) is 0 Å². The molecule has 2 rings (SSSR count). The molecule has 1 aliphatic carbocycles. The largest absolute Gasteiger partial charge is 0.171 e. The molecule has 0 saturated carbocycles. The Morgan fingerprint density at radius 1 is 1.00 bits per heavy atom. The molecule has 0 N–H and O–H groups in total. The molecule has 84 valence electrons. The van der Waals surface area contributed by atoms with Crippen molar-refractivity contribution >= 4 is 6.71 Å². The zero-order valence-corrected chi connectivity index (χ0v) is 10.9. The molecule has 0 spiro atoms. The summed E-state index contributed by atoms with van der Waals surface area (Å²) in [5.74, 6) is 0. The summed E-state index contributed by atoms with van der Waals surface area (Å²) in [6.45, 7) is 10.7. The lowest BCUT2D eigenvalue weighted by Crippen LogP contribution is -2.24. The third-order valence-electron chi connectivity index (χ3n) is 5.20. The van der Waals surface area contributed by atoms with E-state index in [4.69, 9.17) is 0 Å². The fourth-order valence-electron chi connectivity index (χ4n) is 3.35. The first kappa shape index (κ1) is 11.3. The van der Waals surface area contributed by atoms with Crippen LogP contribution in [0.5, 0.6) is 0 Å². The predicted octanol–water partition coefficient (Wildman–Crippen LogP) is 4.59. The van der Waals surface area contributed by atoms with E-state index in [2.05, 4.69) is 33.8 Å². The van der Waals surface area contributed by atoms with E-state index >= 15 is 0 Å². The van der Waals surface area contributed by atoms with Crippen LogP contribution in [-0.2, 0) is 0 Å². The Kier molecular flexibility index (Phi) is 2.77. The van der Waals surface area contributed by atoms with Gasteiger partial charge in [0, 0.05) is 0 Å². The van der Waals surface area contributed by atoms with E-state index in [0.717, 1.165) is 6.71 Å². The molecule has 0 aromatic rings. The highest BCUT2D eigenvalue weighted by molar-refractivity contribution is 6.68. The van der Waals surface area contributed by atoms with Gasteiger partial charge in [0.1, 0.15) is 0 Å². The van der Waals surface area contributed by atoms with E-state index in [1.807, 2.05) is 0 Å². The van der Waals surface area contributed by atoms with Crippen molar-refractivity contribution in [1.29, 1.82) is 0 Å². The SMILES string of the molecule is CC1(C)CB(C2=CCCCC2)CC1(C)C. The van der Waals surface area contributed by atoms with Gasteiger partial charge in [0.2, 0.25) is 0 Å². The summed E-state index contributed by atoms with van der Waals surface area (Å²) in [5.41, 5.74) is 2.84. The molecule has 1 heteroatoms. The minimum Gasteiger partial charge on any atom is -0.105 e. The molecule has 1 fully saturated rings. The molecule has 0 nitrogen and oxygen atoms in total. The van der Waals surface area contributed by atoms with Gasteiger partial charge in [0.15, 0.2) is 6.71 Å². The van der Waals surface area contributed by atoms with Crippen LogP contribution < -0.4 is 0 Å². The highest BCUT2D eigenvalue weighted by Gasteiger charge is 2.48. The highest BCUT2D eigenvalue weighted by atomic mass is 14.4. The van der Waals surface area contributed by atoms with E-state index in [0.29, 0.717) is 10.8 Å². The Morgan fingerprint density at radius 2 is 1.60 bits per heavy atom. The summed E-state index contributed by atoms with van der Waals surface area (Å²) in [4.78, 5) is 0. The summed E-state index contributed by atoms with van der Waals surface area (Å²) in [5, 5.41) is 0. The summed E-state index contributed by atoms with van der Waals surface area (Å²) < 4.78 is 0. The Hall–Kier alpha value is -0.195. The second kappa shape index (κ2) is 3.68. The number of rotatable bonds is 1. The number of allylic oxidation sites excluding steroid dienone is 2.